The zero-order valence-corrected chi connectivity index (χ0v) is 23.0. The summed E-state index contributed by atoms with van der Waals surface area (Å²) in [6.07, 6.45) is 3.19. The molecular weight excluding hydrogens is 561 g/mol. The number of benzene rings is 2. The Morgan fingerprint density at radius 1 is 1.00 bits per heavy atom. The first-order valence-corrected chi connectivity index (χ1v) is 12.9. The van der Waals surface area contributed by atoms with Crippen molar-refractivity contribution in [3.8, 4) is 11.3 Å². The lowest BCUT2D eigenvalue weighted by atomic mass is 10.1. The van der Waals surface area contributed by atoms with Gasteiger partial charge in [-0.15, -0.1) is 17.0 Å². The lowest BCUT2D eigenvalue weighted by molar-refractivity contribution is 0.0866. The maximum atomic E-state index is 13.7. The molecule has 1 fully saturated rings. The van der Waals surface area contributed by atoms with Crippen molar-refractivity contribution >= 4 is 46.2 Å². The summed E-state index contributed by atoms with van der Waals surface area (Å²) in [4.78, 5) is 26.4. The average molecular weight is 588 g/mol. The number of rotatable bonds is 5. The summed E-state index contributed by atoms with van der Waals surface area (Å²) >= 11 is 0. The minimum Gasteiger partial charge on any atom is -0.340 e. The SMILES string of the molecule is Br.CN1C(=O)c2c(nn(Cc3ccc(-c4cccc(F)n4)cc3)c2Nc2ccccc2)N2C1=N[C@@H]1CCC[C@@H]12. The molecule has 2 aromatic carbocycles. The van der Waals surface area contributed by atoms with E-state index < -0.39 is 5.95 Å². The van der Waals surface area contributed by atoms with Crippen LogP contribution in [0.3, 0.4) is 0 Å². The van der Waals surface area contributed by atoms with E-state index in [-0.39, 0.29) is 35.0 Å². The van der Waals surface area contributed by atoms with Crippen LogP contribution in [0.2, 0.25) is 0 Å². The lowest BCUT2D eigenvalue weighted by Gasteiger charge is -2.34. The number of nitrogens with zero attached hydrogens (tertiary/aromatic N) is 6. The first kappa shape index (κ1) is 25.2. The second-order valence-electron chi connectivity index (χ2n) is 9.97. The maximum Gasteiger partial charge on any atom is 0.267 e. The number of carbonyl (C=O) groups excluding carboxylic acids is 1. The van der Waals surface area contributed by atoms with E-state index in [0.29, 0.717) is 35.4 Å². The standard InChI is InChI=1S/C29H26FN7O.BrH/c1-35-28(38)25-26(31-20-7-3-2-4-8-20)36(34-27(25)37-23-11-5-10-22(23)33-29(35)37)17-18-13-15-19(16-14-18)21-9-6-12-24(30)32-21;/h2-4,6-9,12-16,22-23,31H,5,10-11,17H2,1H3;1H/t22-,23+;/m1./s1. The zero-order chi connectivity index (χ0) is 25.8. The number of nitrogens with one attached hydrogen (secondary N) is 1. The number of pyridine rings is 1. The number of amides is 1. The molecule has 4 aromatic rings. The molecule has 0 radical (unpaired) electrons. The van der Waals surface area contributed by atoms with Crippen LogP contribution in [0, 0.1) is 5.95 Å². The molecule has 39 heavy (non-hydrogen) atoms. The number of aliphatic imine (C=N–C) groups is 1. The molecule has 2 atom stereocenters. The first-order chi connectivity index (χ1) is 18.6. The average Bonchev–Trinajstić information content (AvgIpc) is 3.62. The van der Waals surface area contributed by atoms with Crippen LogP contribution in [0.15, 0.2) is 77.8 Å². The largest absolute Gasteiger partial charge is 0.340 e. The Balaban J connectivity index is 0.00000277. The number of fused-ring (bicyclic) bond motifs is 5. The Morgan fingerprint density at radius 2 is 1.79 bits per heavy atom. The minimum absolute atomic E-state index is 0. The van der Waals surface area contributed by atoms with E-state index in [1.807, 2.05) is 59.3 Å². The highest BCUT2D eigenvalue weighted by Crippen LogP contribution is 2.43. The van der Waals surface area contributed by atoms with Gasteiger partial charge in [-0.3, -0.25) is 14.6 Å². The van der Waals surface area contributed by atoms with Gasteiger partial charge in [-0.1, -0.05) is 48.5 Å². The third kappa shape index (κ3) is 4.28. The molecule has 1 N–H and O–H groups in total. The molecule has 1 amide bonds. The van der Waals surface area contributed by atoms with Gasteiger partial charge in [0.05, 0.1) is 24.3 Å². The topological polar surface area (TPSA) is 78.7 Å². The third-order valence-corrected chi connectivity index (χ3v) is 7.59. The van der Waals surface area contributed by atoms with Crippen LogP contribution in [0.5, 0.6) is 0 Å². The molecule has 0 saturated heterocycles. The second-order valence-corrected chi connectivity index (χ2v) is 9.97. The molecule has 3 aliphatic rings. The third-order valence-electron chi connectivity index (χ3n) is 7.59. The number of anilines is 3. The second kappa shape index (κ2) is 9.92. The highest BCUT2D eigenvalue weighted by Gasteiger charge is 2.49. The van der Waals surface area contributed by atoms with Gasteiger partial charge in [0.2, 0.25) is 11.9 Å². The number of hydrogen-bond acceptors (Lipinski definition) is 6. The fourth-order valence-electron chi connectivity index (χ4n) is 5.73. The van der Waals surface area contributed by atoms with Gasteiger partial charge < -0.3 is 5.32 Å². The van der Waals surface area contributed by atoms with Crippen LogP contribution < -0.4 is 10.2 Å². The van der Waals surface area contributed by atoms with E-state index in [0.717, 1.165) is 36.1 Å². The molecule has 0 bridgehead atoms. The van der Waals surface area contributed by atoms with Gasteiger partial charge in [-0.2, -0.15) is 9.49 Å². The Kier molecular flexibility index (Phi) is 6.42. The lowest BCUT2D eigenvalue weighted by Crippen LogP contribution is -2.51. The zero-order valence-electron chi connectivity index (χ0n) is 21.3. The first-order valence-electron chi connectivity index (χ1n) is 12.9. The monoisotopic (exact) mass is 587 g/mol. The number of carbonyl (C=O) groups is 1. The summed E-state index contributed by atoms with van der Waals surface area (Å²) < 4.78 is 15.5. The number of para-hydroxylation sites is 1. The van der Waals surface area contributed by atoms with Crippen LogP contribution in [-0.4, -0.2) is 50.7 Å². The predicted octanol–water partition coefficient (Wildman–Crippen LogP) is 5.64. The molecule has 8 nitrogen and oxygen atoms in total. The Morgan fingerprint density at radius 3 is 2.56 bits per heavy atom. The minimum atomic E-state index is -0.505. The van der Waals surface area contributed by atoms with E-state index in [9.17, 15) is 9.18 Å². The van der Waals surface area contributed by atoms with Crippen molar-refractivity contribution in [3.05, 3.63) is 89.9 Å². The van der Waals surface area contributed by atoms with E-state index in [1.54, 1.807) is 24.1 Å². The predicted molar refractivity (Wildman–Crippen MR) is 154 cm³/mol. The molecule has 0 unspecified atom stereocenters. The normalized spacial score (nSPS) is 19.2. The van der Waals surface area contributed by atoms with Gasteiger partial charge >= 0.3 is 0 Å². The van der Waals surface area contributed by atoms with Crippen LogP contribution >= 0.6 is 17.0 Å². The summed E-state index contributed by atoms with van der Waals surface area (Å²) in [5.41, 5.74) is 3.84. The van der Waals surface area contributed by atoms with Crippen molar-refractivity contribution in [3.63, 3.8) is 0 Å². The maximum absolute atomic E-state index is 13.7. The van der Waals surface area contributed by atoms with Crippen molar-refractivity contribution in [1.29, 1.82) is 0 Å². The van der Waals surface area contributed by atoms with E-state index >= 15 is 0 Å². The molecule has 1 saturated carbocycles. The van der Waals surface area contributed by atoms with E-state index in [1.165, 1.54) is 6.07 Å². The van der Waals surface area contributed by atoms with Crippen molar-refractivity contribution in [2.24, 2.45) is 4.99 Å². The Labute approximate surface area is 236 Å². The smallest absolute Gasteiger partial charge is 0.267 e. The van der Waals surface area contributed by atoms with Crippen molar-refractivity contribution in [2.45, 2.75) is 37.9 Å². The van der Waals surface area contributed by atoms with Crippen LogP contribution in [0.25, 0.3) is 11.3 Å². The fourth-order valence-corrected chi connectivity index (χ4v) is 5.73. The molecule has 7 rings (SSSR count). The molecule has 10 heteroatoms. The highest BCUT2D eigenvalue weighted by atomic mass is 79.9. The molecule has 2 aromatic heterocycles. The highest BCUT2D eigenvalue weighted by molar-refractivity contribution is 8.93. The summed E-state index contributed by atoms with van der Waals surface area (Å²) in [7, 11) is 1.79. The van der Waals surface area contributed by atoms with Gasteiger partial charge in [0.15, 0.2) is 5.82 Å². The molecule has 198 valence electrons. The van der Waals surface area contributed by atoms with Gasteiger partial charge in [0.25, 0.3) is 5.91 Å². The molecule has 1 aliphatic carbocycles. The summed E-state index contributed by atoms with van der Waals surface area (Å²) in [5, 5.41) is 8.48. The summed E-state index contributed by atoms with van der Waals surface area (Å²) in [6.45, 7) is 0.449. The summed E-state index contributed by atoms with van der Waals surface area (Å²) in [5.74, 6) is 1.39. The Bertz CT molecular complexity index is 1570. The van der Waals surface area contributed by atoms with E-state index in [2.05, 4.69) is 15.2 Å². The number of hydrogen-bond donors (Lipinski definition) is 1. The number of aromatic nitrogens is 3. The van der Waals surface area contributed by atoms with Gasteiger partial charge in [0.1, 0.15) is 11.4 Å². The summed E-state index contributed by atoms with van der Waals surface area (Å²) in [6, 6.07) is 22.8. The van der Waals surface area contributed by atoms with Crippen LogP contribution in [-0.2, 0) is 6.54 Å². The van der Waals surface area contributed by atoms with Crippen molar-refractivity contribution < 1.29 is 9.18 Å². The van der Waals surface area contributed by atoms with Crippen LogP contribution in [0.1, 0.15) is 35.2 Å². The van der Waals surface area contributed by atoms with Crippen molar-refractivity contribution in [1.82, 2.24) is 19.7 Å². The van der Waals surface area contributed by atoms with E-state index in [4.69, 9.17) is 10.1 Å². The van der Waals surface area contributed by atoms with Gasteiger partial charge in [-0.25, -0.2) is 14.7 Å². The van der Waals surface area contributed by atoms with Crippen molar-refractivity contribution in [2.75, 3.05) is 17.3 Å². The van der Waals surface area contributed by atoms with Gasteiger partial charge in [-0.05, 0) is 49.1 Å². The van der Waals surface area contributed by atoms with Crippen LogP contribution in [0.4, 0.5) is 21.7 Å². The number of halogens is 2. The molecule has 0 spiro atoms. The molecular formula is C29H27BrFN7O. The van der Waals surface area contributed by atoms with Gasteiger partial charge in [0, 0.05) is 18.3 Å². The fraction of sp³-hybridized carbons (Fsp3) is 0.241. The quantitative estimate of drug-likeness (QED) is 0.306. The molecule has 4 heterocycles. The Hall–Kier alpha value is -4.05. The molecule has 2 aliphatic heterocycles. The number of guanidine groups is 1.